The molecule has 1 aliphatic heterocycles. The van der Waals surface area contributed by atoms with E-state index in [1.54, 1.807) is 11.3 Å². The first-order chi connectivity index (χ1) is 15.5. The third-order valence-corrected chi connectivity index (χ3v) is 7.17. The zero-order chi connectivity index (χ0) is 22.2. The van der Waals surface area contributed by atoms with Crippen molar-refractivity contribution in [3.8, 4) is 26.8 Å². The maximum Gasteiger partial charge on any atom is 0.309 e. The highest BCUT2D eigenvalue weighted by molar-refractivity contribution is 7.18. The van der Waals surface area contributed by atoms with Crippen LogP contribution in [0.15, 0.2) is 48.7 Å². The molecule has 0 amide bonds. The number of ether oxygens (including phenoxy) is 1. The SMILES string of the molecule is CC(C)Oc1ccc(-c2cnc(-c3ccc(CN4CC(C(=O)O)C4)cc3C3CC3)s2)cc1. The highest BCUT2D eigenvalue weighted by atomic mass is 32.1. The summed E-state index contributed by atoms with van der Waals surface area (Å²) in [7, 11) is 0. The monoisotopic (exact) mass is 448 g/mol. The molecular formula is C26H28N2O3S. The molecule has 0 atom stereocenters. The molecule has 1 saturated heterocycles. The van der Waals surface area contributed by atoms with E-state index in [2.05, 4.69) is 35.2 Å². The van der Waals surface area contributed by atoms with Crippen LogP contribution in [0.1, 0.15) is 43.7 Å². The number of carboxylic acid groups (broad SMARTS) is 1. The average Bonchev–Trinajstić information content (AvgIpc) is 3.47. The molecule has 2 aliphatic rings. The Morgan fingerprint density at radius 1 is 1.19 bits per heavy atom. The van der Waals surface area contributed by atoms with Gasteiger partial charge in [-0.25, -0.2) is 4.98 Å². The summed E-state index contributed by atoms with van der Waals surface area (Å²) < 4.78 is 5.75. The van der Waals surface area contributed by atoms with E-state index in [9.17, 15) is 4.79 Å². The number of thiazole rings is 1. The van der Waals surface area contributed by atoms with Gasteiger partial charge in [-0.15, -0.1) is 11.3 Å². The second-order valence-corrected chi connectivity index (χ2v) is 10.2. The quantitative estimate of drug-likeness (QED) is 0.482. The van der Waals surface area contributed by atoms with Crippen LogP contribution < -0.4 is 4.74 Å². The van der Waals surface area contributed by atoms with Gasteiger partial charge in [0.05, 0.1) is 16.9 Å². The predicted octanol–water partition coefficient (Wildman–Crippen LogP) is 5.66. The Balaban J connectivity index is 1.34. The largest absolute Gasteiger partial charge is 0.491 e. The Kier molecular flexibility index (Phi) is 5.74. The summed E-state index contributed by atoms with van der Waals surface area (Å²) in [4.78, 5) is 19.2. The fraction of sp³-hybridized carbons (Fsp3) is 0.385. The number of hydrogen-bond acceptors (Lipinski definition) is 5. The van der Waals surface area contributed by atoms with E-state index in [1.165, 1.54) is 29.5 Å². The lowest BCUT2D eigenvalue weighted by Gasteiger charge is -2.36. The summed E-state index contributed by atoms with van der Waals surface area (Å²) in [5, 5.41) is 10.2. The number of aliphatic carboxylic acids is 1. The molecule has 5 nitrogen and oxygen atoms in total. The van der Waals surface area contributed by atoms with Crippen LogP contribution in [0.25, 0.3) is 21.0 Å². The Labute approximate surface area is 192 Å². The molecule has 0 unspecified atom stereocenters. The number of carbonyl (C=O) groups is 1. The van der Waals surface area contributed by atoms with Crippen molar-refractivity contribution in [1.82, 2.24) is 9.88 Å². The van der Waals surface area contributed by atoms with Crippen molar-refractivity contribution in [3.05, 3.63) is 59.8 Å². The number of likely N-dealkylation sites (tertiary alicyclic amines) is 1. The molecule has 32 heavy (non-hydrogen) atoms. The molecule has 1 saturated carbocycles. The summed E-state index contributed by atoms with van der Waals surface area (Å²) in [6.07, 6.45) is 4.60. The van der Waals surface area contributed by atoms with Gasteiger partial charge in [-0.3, -0.25) is 9.69 Å². The highest BCUT2D eigenvalue weighted by Crippen LogP contribution is 2.46. The summed E-state index contributed by atoms with van der Waals surface area (Å²) in [5.41, 5.74) is 5.04. The molecule has 0 radical (unpaired) electrons. The first-order valence-corrected chi connectivity index (χ1v) is 12.1. The molecule has 5 rings (SSSR count). The van der Waals surface area contributed by atoms with E-state index in [1.807, 2.05) is 32.2 Å². The lowest BCUT2D eigenvalue weighted by molar-refractivity contribution is -0.147. The van der Waals surface area contributed by atoms with Crippen LogP contribution in [0.3, 0.4) is 0 Å². The minimum Gasteiger partial charge on any atom is -0.491 e. The van der Waals surface area contributed by atoms with Crippen molar-refractivity contribution in [3.63, 3.8) is 0 Å². The van der Waals surface area contributed by atoms with Crippen LogP contribution in [0.2, 0.25) is 0 Å². The molecule has 2 heterocycles. The van der Waals surface area contributed by atoms with Gasteiger partial charge in [0.25, 0.3) is 0 Å². The van der Waals surface area contributed by atoms with Crippen molar-refractivity contribution < 1.29 is 14.6 Å². The van der Waals surface area contributed by atoms with Gasteiger partial charge in [-0.2, -0.15) is 0 Å². The topological polar surface area (TPSA) is 62.7 Å². The fourth-order valence-corrected chi connectivity index (χ4v) is 5.22. The number of aromatic nitrogens is 1. The van der Waals surface area contributed by atoms with Crippen LogP contribution in [0.4, 0.5) is 0 Å². The highest BCUT2D eigenvalue weighted by Gasteiger charge is 2.33. The maximum absolute atomic E-state index is 11.1. The van der Waals surface area contributed by atoms with Gasteiger partial charge in [0, 0.05) is 31.4 Å². The van der Waals surface area contributed by atoms with E-state index in [4.69, 9.17) is 14.8 Å². The maximum atomic E-state index is 11.1. The van der Waals surface area contributed by atoms with Crippen LogP contribution in [-0.2, 0) is 11.3 Å². The molecule has 1 aromatic heterocycles. The third-order valence-electron chi connectivity index (χ3n) is 6.09. The van der Waals surface area contributed by atoms with Gasteiger partial charge in [0.2, 0.25) is 0 Å². The van der Waals surface area contributed by atoms with Gasteiger partial charge >= 0.3 is 5.97 Å². The summed E-state index contributed by atoms with van der Waals surface area (Å²) >= 11 is 1.73. The third kappa shape index (κ3) is 4.57. The number of hydrogen-bond donors (Lipinski definition) is 1. The predicted molar refractivity (Wildman–Crippen MR) is 127 cm³/mol. The van der Waals surface area contributed by atoms with E-state index in [-0.39, 0.29) is 12.0 Å². The minimum atomic E-state index is -0.683. The smallest absolute Gasteiger partial charge is 0.309 e. The second-order valence-electron chi connectivity index (χ2n) is 9.15. The van der Waals surface area contributed by atoms with Crippen molar-refractivity contribution in [2.24, 2.45) is 5.92 Å². The van der Waals surface area contributed by atoms with Crippen LogP contribution >= 0.6 is 11.3 Å². The number of carboxylic acids is 1. The summed E-state index contributed by atoms with van der Waals surface area (Å²) in [5.74, 6) is 0.610. The van der Waals surface area contributed by atoms with Crippen LogP contribution in [-0.4, -0.2) is 40.2 Å². The van der Waals surface area contributed by atoms with Gasteiger partial charge in [0.1, 0.15) is 10.8 Å². The van der Waals surface area contributed by atoms with Crippen molar-refractivity contribution in [1.29, 1.82) is 0 Å². The van der Waals surface area contributed by atoms with Gasteiger partial charge in [0.15, 0.2) is 0 Å². The Bertz CT molecular complexity index is 1110. The van der Waals surface area contributed by atoms with Gasteiger partial charge in [-0.1, -0.05) is 18.2 Å². The van der Waals surface area contributed by atoms with E-state index < -0.39 is 5.97 Å². The van der Waals surface area contributed by atoms with Crippen molar-refractivity contribution in [2.75, 3.05) is 13.1 Å². The molecule has 6 heteroatoms. The number of rotatable bonds is 8. The molecule has 2 aromatic carbocycles. The van der Waals surface area contributed by atoms with E-state index >= 15 is 0 Å². The zero-order valence-corrected chi connectivity index (χ0v) is 19.3. The van der Waals surface area contributed by atoms with Gasteiger partial charge < -0.3 is 9.84 Å². The number of nitrogens with zero attached hydrogens (tertiary/aromatic N) is 2. The lowest BCUT2D eigenvalue weighted by Crippen LogP contribution is -2.49. The molecule has 1 N–H and O–H groups in total. The standard InChI is InChI=1S/C26H28N2O3S/c1-16(2)31-21-8-6-19(7-9-21)24-12-27-25(32-24)22-10-3-17(11-23(22)18-4-5-18)13-28-14-20(15-28)26(29)30/h3,6-12,16,18,20H,4-5,13-15H2,1-2H3,(H,29,30). The van der Waals surface area contributed by atoms with Crippen LogP contribution in [0.5, 0.6) is 5.75 Å². The van der Waals surface area contributed by atoms with Crippen molar-refractivity contribution >= 4 is 17.3 Å². The average molecular weight is 449 g/mol. The first-order valence-electron chi connectivity index (χ1n) is 11.3. The first kappa shape index (κ1) is 21.2. The fourth-order valence-electron chi connectivity index (χ4n) is 4.25. The summed E-state index contributed by atoms with van der Waals surface area (Å²) in [6.45, 7) is 6.17. The van der Waals surface area contributed by atoms with E-state index in [0.717, 1.165) is 27.7 Å². The Morgan fingerprint density at radius 3 is 2.59 bits per heavy atom. The Morgan fingerprint density at radius 2 is 1.94 bits per heavy atom. The van der Waals surface area contributed by atoms with Crippen LogP contribution in [0, 0.1) is 5.92 Å². The van der Waals surface area contributed by atoms with E-state index in [0.29, 0.717) is 19.0 Å². The molecule has 0 bridgehead atoms. The molecule has 2 fully saturated rings. The molecule has 0 spiro atoms. The zero-order valence-electron chi connectivity index (χ0n) is 18.5. The molecular weight excluding hydrogens is 420 g/mol. The second kappa shape index (κ2) is 8.68. The van der Waals surface area contributed by atoms with Crippen molar-refractivity contribution in [2.45, 2.75) is 45.3 Å². The summed E-state index contributed by atoms with van der Waals surface area (Å²) in [6, 6.07) is 14.9. The minimum absolute atomic E-state index is 0.166. The molecule has 1 aliphatic carbocycles. The molecule has 166 valence electrons. The normalized spacial score (nSPS) is 16.8. The Hall–Kier alpha value is -2.70. The number of benzene rings is 2. The molecule has 3 aromatic rings. The van der Waals surface area contributed by atoms with Gasteiger partial charge in [-0.05, 0) is 73.6 Å². The lowest BCUT2D eigenvalue weighted by atomic mass is 9.97.